The molecule has 0 aliphatic rings. The van der Waals surface area contributed by atoms with Gasteiger partial charge >= 0.3 is 12.3 Å². The van der Waals surface area contributed by atoms with Crippen molar-refractivity contribution in [2.75, 3.05) is 0 Å². The maximum absolute atomic E-state index is 13.6. The Labute approximate surface area is 364 Å². The minimum absolute atomic E-state index is 0.405. The summed E-state index contributed by atoms with van der Waals surface area (Å²) in [5.74, 6) is 1.70. The average molecular weight is 823 g/mol. The van der Waals surface area contributed by atoms with Crippen LogP contribution < -0.4 is 18.9 Å². The van der Waals surface area contributed by atoms with Gasteiger partial charge in [-0.2, -0.15) is 0 Å². The number of carbonyl (C=O) groups is 2. The van der Waals surface area contributed by atoms with E-state index in [1.807, 2.05) is 72.8 Å². The van der Waals surface area contributed by atoms with Crippen LogP contribution in [0.25, 0.3) is 54.2 Å². The maximum Gasteiger partial charge on any atom is 0.519 e. The molecule has 0 atom stereocenters. The number of rotatable bonds is 17. The molecule has 6 nitrogen and oxygen atoms in total. The van der Waals surface area contributed by atoms with Gasteiger partial charge in [-0.3, -0.25) is 0 Å². The minimum atomic E-state index is -0.807. The fraction of sp³-hybridized carbons (Fsp3) is 0.250. The number of aryl methyl sites for hydroxylation is 2. The fourth-order valence-corrected chi connectivity index (χ4v) is 8.68. The van der Waals surface area contributed by atoms with Gasteiger partial charge in [0.1, 0.15) is 23.0 Å². The van der Waals surface area contributed by atoms with Crippen LogP contribution in [0.5, 0.6) is 23.0 Å². The van der Waals surface area contributed by atoms with Gasteiger partial charge < -0.3 is 18.9 Å². The second-order valence-corrected chi connectivity index (χ2v) is 16.1. The van der Waals surface area contributed by atoms with Gasteiger partial charge in [-0.1, -0.05) is 187 Å². The topological polar surface area (TPSA) is 71.1 Å². The number of hydrogen-bond acceptors (Lipinski definition) is 6. The molecule has 8 aromatic rings. The summed E-state index contributed by atoms with van der Waals surface area (Å²) in [6, 6.07) is 47.3. The van der Waals surface area contributed by atoms with E-state index in [1.165, 1.54) is 62.5 Å². The van der Waals surface area contributed by atoms with Gasteiger partial charge in [0.15, 0.2) is 0 Å². The normalized spacial score (nSPS) is 11.3. The first kappa shape index (κ1) is 42.0. The maximum atomic E-state index is 13.6. The second kappa shape index (κ2) is 20.3. The number of carbonyl (C=O) groups excluding carboxylic acids is 2. The molecule has 0 bridgehead atoms. The van der Waals surface area contributed by atoms with Crippen molar-refractivity contribution >= 4 is 55.4 Å². The zero-order chi connectivity index (χ0) is 42.7. The van der Waals surface area contributed by atoms with Crippen LogP contribution in [-0.4, -0.2) is 12.3 Å². The minimum Gasteiger partial charge on any atom is -0.395 e. The second-order valence-electron chi connectivity index (χ2n) is 16.1. The van der Waals surface area contributed by atoms with E-state index in [4.69, 9.17) is 18.9 Å². The third kappa shape index (κ3) is 9.61. The van der Waals surface area contributed by atoms with Crippen molar-refractivity contribution in [3.05, 3.63) is 157 Å². The average Bonchev–Trinajstić information content (AvgIpc) is 3.30. The van der Waals surface area contributed by atoms with Crippen molar-refractivity contribution in [2.45, 2.75) is 90.9 Å². The molecule has 0 N–H and O–H groups in total. The Bertz CT molecular complexity index is 2620. The molecule has 0 spiro atoms. The summed E-state index contributed by atoms with van der Waals surface area (Å²) < 4.78 is 23.9. The van der Waals surface area contributed by atoms with Crippen LogP contribution >= 0.6 is 0 Å². The zero-order valence-corrected chi connectivity index (χ0v) is 35.8. The van der Waals surface area contributed by atoms with E-state index >= 15 is 0 Å². The Hall–Kier alpha value is -6.66. The first-order valence-corrected chi connectivity index (χ1v) is 22.4. The molecule has 0 aliphatic heterocycles. The number of unbranched alkanes of at least 4 members (excludes halogenated alkanes) is 8. The number of benzene rings is 8. The summed E-state index contributed by atoms with van der Waals surface area (Å²) in [4.78, 5) is 27.2. The Morgan fingerprint density at radius 3 is 1.11 bits per heavy atom. The lowest BCUT2D eigenvalue weighted by Gasteiger charge is -2.22. The summed E-state index contributed by atoms with van der Waals surface area (Å²) in [5, 5.41) is 6.94. The monoisotopic (exact) mass is 822 g/mol. The highest BCUT2D eigenvalue weighted by Crippen LogP contribution is 2.50. The van der Waals surface area contributed by atoms with Crippen LogP contribution in [0.3, 0.4) is 0 Å². The van der Waals surface area contributed by atoms with Gasteiger partial charge in [-0.25, -0.2) is 9.59 Å². The highest BCUT2D eigenvalue weighted by molar-refractivity contribution is 6.27. The third-order valence-corrected chi connectivity index (χ3v) is 11.7. The molecule has 6 heteroatoms. The Morgan fingerprint density at radius 2 is 0.710 bits per heavy atom. The van der Waals surface area contributed by atoms with Crippen LogP contribution in [0.4, 0.5) is 9.59 Å². The molecule has 0 saturated carbocycles. The van der Waals surface area contributed by atoms with E-state index in [0.29, 0.717) is 23.0 Å². The van der Waals surface area contributed by atoms with Crippen molar-refractivity contribution in [3.8, 4) is 34.1 Å². The van der Waals surface area contributed by atoms with Crippen molar-refractivity contribution < 1.29 is 28.5 Å². The van der Waals surface area contributed by atoms with Crippen molar-refractivity contribution in [2.24, 2.45) is 0 Å². The molecule has 0 aromatic heterocycles. The standard InChI is InChI=1S/C56H54O6/c1-3-5-7-9-13-23-39-33-35-47-49(37-39)51(43-29-19-21-31-45(43)53(47)61-55(57)59-41-25-15-11-16-26-41)52-44-30-20-22-32-46(44)54(62-56(58)60-42-27-17-12-18-28-42)48-36-34-40(38-50(48)52)24-14-10-8-6-4-2/h11-12,15-22,25-38H,3-10,13-14,23-24H2,1-2H3. The van der Waals surface area contributed by atoms with Crippen LogP contribution in [-0.2, 0) is 12.8 Å². The van der Waals surface area contributed by atoms with Crippen LogP contribution in [0.1, 0.15) is 89.2 Å². The number of para-hydroxylation sites is 2. The highest BCUT2D eigenvalue weighted by atomic mass is 16.7. The number of ether oxygens (including phenoxy) is 4. The predicted octanol–water partition coefficient (Wildman–Crippen LogP) is 16.1. The summed E-state index contributed by atoms with van der Waals surface area (Å²) >= 11 is 0. The van der Waals surface area contributed by atoms with Crippen molar-refractivity contribution in [1.29, 1.82) is 0 Å². The van der Waals surface area contributed by atoms with Gasteiger partial charge in [0, 0.05) is 21.5 Å². The molecule has 8 aromatic carbocycles. The van der Waals surface area contributed by atoms with Gasteiger partial charge in [-0.05, 0) is 93.7 Å². The molecule has 8 rings (SSSR count). The van der Waals surface area contributed by atoms with E-state index in [0.717, 1.165) is 79.9 Å². The summed E-state index contributed by atoms with van der Waals surface area (Å²) in [6.07, 6.45) is 12.0. The lowest BCUT2D eigenvalue weighted by Crippen LogP contribution is -2.14. The smallest absolute Gasteiger partial charge is 0.395 e. The van der Waals surface area contributed by atoms with Crippen molar-refractivity contribution in [3.63, 3.8) is 0 Å². The Kier molecular flexibility index (Phi) is 13.7. The van der Waals surface area contributed by atoms with E-state index < -0.39 is 12.3 Å². The molecular weight excluding hydrogens is 769 g/mol. The van der Waals surface area contributed by atoms with Crippen molar-refractivity contribution in [1.82, 2.24) is 0 Å². The summed E-state index contributed by atoms with van der Waals surface area (Å²) in [5.41, 5.74) is 4.47. The SMILES string of the molecule is CCCCCCCc1ccc2c(OC(=O)Oc3ccccc3)c3ccccc3c(-c3c4ccccc4c(OC(=O)Oc4ccccc4)c4ccc(CCCCCCC)cc34)c2c1. The predicted molar refractivity (Wildman–Crippen MR) is 253 cm³/mol. The van der Waals surface area contributed by atoms with E-state index in [9.17, 15) is 9.59 Å². The van der Waals surface area contributed by atoms with Gasteiger partial charge in [-0.15, -0.1) is 0 Å². The molecule has 0 aliphatic carbocycles. The molecule has 0 amide bonds. The zero-order valence-electron chi connectivity index (χ0n) is 35.8. The summed E-state index contributed by atoms with van der Waals surface area (Å²) in [7, 11) is 0. The first-order valence-electron chi connectivity index (χ1n) is 22.4. The highest BCUT2D eigenvalue weighted by Gasteiger charge is 2.25. The van der Waals surface area contributed by atoms with E-state index in [-0.39, 0.29) is 0 Å². The lowest BCUT2D eigenvalue weighted by molar-refractivity contribution is 0.152. The molecular formula is C56H54O6. The largest absolute Gasteiger partial charge is 0.519 e. The van der Waals surface area contributed by atoms with Gasteiger partial charge in [0.2, 0.25) is 0 Å². The van der Waals surface area contributed by atoms with Gasteiger partial charge in [0.25, 0.3) is 0 Å². The molecule has 0 saturated heterocycles. The van der Waals surface area contributed by atoms with Crippen LogP contribution in [0.15, 0.2) is 146 Å². The molecule has 0 fully saturated rings. The lowest BCUT2D eigenvalue weighted by atomic mass is 9.84. The molecule has 0 radical (unpaired) electrons. The first-order chi connectivity index (χ1) is 30.5. The molecule has 0 heterocycles. The molecule has 62 heavy (non-hydrogen) atoms. The number of hydrogen-bond donors (Lipinski definition) is 0. The quantitative estimate of drug-likeness (QED) is 0.0394. The van der Waals surface area contributed by atoms with Crippen LogP contribution in [0.2, 0.25) is 0 Å². The molecule has 314 valence electrons. The Morgan fingerprint density at radius 1 is 0.355 bits per heavy atom. The third-order valence-electron chi connectivity index (χ3n) is 11.7. The fourth-order valence-electron chi connectivity index (χ4n) is 8.68. The summed E-state index contributed by atoms with van der Waals surface area (Å²) in [6.45, 7) is 4.48. The number of fused-ring (bicyclic) bond motifs is 4. The van der Waals surface area contributed by atoms with E-state index in [1.54, 1.807) is 24.3 Å². The molecule has 0 unspecified atom stereocenters. The van der Waals surface area contributed by atoms with Crippen LogP contribution in [0, 0.1) is 0 Å². The van der Waals surface area contributed by atoms with Gasteiger partial charge in [0.05, 0.1) is 0 Å². The Balaban J connectivity index is 1.36. The van der Waals surface area contributed by atoms with E-state index in [2.05, 4.69) is 62.4 Å².